The summed E-state index contributed by atoms with van der Waals surface area (Å²) in [6.45, 7) is 2.17. The van der Waals surface area contributed by atoms with E-state index in [2.05, 4.69) is 16.9 Å². The van der Waals surface area contributed by atoms with E-state index in [1.54, 1.807) is 6.20 Å². The van der Waals surface area contributed by atoms with Crippen LogP contribution in [-0.2, 0) is 0 Å². The Morgan fingerprint density at radius 1 is 1.11 bits per heavy atom. The van der Waals surface area contributed by atoms with E-state index < -0.39 is 0 Å². The van der Waals surface area contributed by atoms with Crippen molar-refractivity contribution in [2.45, 2.75) is 26.2 Å². The zero-order chi connectivity index (χ0) is 14.0. The molecule has 0 spiro atoms. The highest BCUT2D eigenvalue weighted by molar-refractivity contribution is 6.17. The molecule has 0 aliphatic heterocycles. The van der Waals surface area contributed by atoms with Gasteiger partial charge in [-0.15, -0.1) is 11.6 Å². The van der Waals surface area contributed by atoms with Gasteiger partial charge in [0.05, 0.1) is 0 Å². The number of hydrogen-bond donors (Lipinski definition) is 0. The van der Waals surface area contributed by atoms with Crippen molar-refractivity contribution in [3.8, 4) is 0 Å². The summed E-state index contributed by atoms with van der Waals surface area (Å²) in [5, 5.41) is 0. The Labute approximate surface area is 116 Å². The smallest absolute Gasteiger partial charge is 0.226 e. The van der Waals surface area contributed by atoms with Gasteiger partial charge in [0.25, 0.3) is 0 Å². The van der Waals surface area contributed by atoms with Gasteiger partial charge < -0.3 is 9.80 Å². The lowest BCUT2D eigenvalue weighted by atomic mass is 10.3. The van der Waals surface area contributed by atoms with Crippen LogP contribution in [0.5, 0.6) is 0 Å². The van der Waals surface area contributed by atoms with Gasteiger partial charge in [-0.25, -0.2) is 4.98 Å². The minimum Gasteiger partial charge on any atom is -0.363 e. The highest BCUT2D eigenvalue weighted by Gasteiger charge is 2.01. The van der Waals surface area contributed by atoms with E-state index in [0.717, 1.165) is 17.6 Å². The summed E-state index contributed by atoms with van der Waals surface area (Å²) < 4.78 is 0. The lowest BCUT2D eigenvalue weighted by Crippen LogP contribution is -2.16. The van der Waals surface area contributed by atoms with Gasteiger partial charge in [0.1, 0.15) is 5.82 Å². The Morgan fingerprint density at radius 3 is 2.17 bits per heavy atom. The summed E-state index contributed by atoms with van der Waals surface area (Å²) in [5.41, 5.74) is 0. The maximum absolute atomic E-state index is 5.38. The largest absolute Gasteiger partial charge is 0.363 e. The Balaban J connectivity index is 0.000000411. The zero-order valence-electron chi connectivity index (χ0n) is 12.1. The van der Waals surface area contributed by atoms with Crippen LogP contribution in [0, 0.1) is 0 Å². The SMILES string of the molecule is CCCCCCl.CN(C)c1ccnc(N(C)C)n1. The van der Waals surface area contributed by atoms with Crippen LogP contribution in [0.3, 0.4) is 0 Å². The average molecular weight is 273 g/mol. The van der Waals surface area contributed by atoms with Crippen LogP contribution >= 0.6 is 11.6 Å². The Morgan fingerprint density at radius 2 is 1.78 bits per heavy atom. The second-order valence-corrected chi connectivity index (χ2v) is 4.78. The van der Waals surface area contributed by atoms with Gasteiger partial charge in [-0.05, 0) is 12.5 Å². The van der Waals surface area contributed by atoms with Crippen LogP contribution in [0.2, 0.25) is 0 Å². The fraction of sp³-hybridized carbons (Fsp3) is 0.692. The Kier molecular flexibility index (Phi) is 9.38. The summed E-state index contributed by atoms with van der Waals surface area (Å²) in [7, 11) is 7.77. The summed E-state index contributed by atoms with van der Waals surface area (Å²) in [5.74, 6) is 2.49. The van der Waals surface area contributed by atoms with Gasteiger partial charge in [0.15, 0.2) is 0 Å². The molecule has 0 aromatic carbocycles. The molecule has 1 heterocycles. The molecule has 0 atom stereocenters. The first-order chi connectivity index (χ1) is 8.52. The molecule has 1 rings (SSSR count). The predicted molar refractivity (Wildman–Crippen MR) is 80.9 cm³/mol. The van der Waals surface area contributed by atoms with E-state index in [1.165, 1.54) is 19.3 Å². The molecule has 1 aromatic heterocycles. The number of anilines is 2. The van der Waals surface area contributed by atoms with Crippen molar-refractivity contribution in [2.24, 2.45) is 0 Å². The van der Waals surface area contributed by atoms with E-state index in [-0.39, 0.29) is 0 Å². The van der Waals surface area contributed by atoms with Crippen molar-refractivity contribution in [3.63, 3.8) is 0 Å². The second-order valence-electron chi connectivity index (χ2n) is 4.40. The highest BCUT2D eigenvalue weighted by Crippen LogP contribution is 2.09. The summed E-state index contributed by atoms with van der Waals surface area (Å²) >= 11 is 5.38. The number of hydrogen-bond acceptors (Lipinski definition) is 4. The molecule has 0 N–H and O–H groups in total. The lowest BCUT2D eigenvalue weighted by Gasteiger charge is -2.14. The van der Waals surface area contributed by atoms with Gasteiger partial charge in [0.2, 0.25) is 5.95 Å². The summed E-state index contributed by atoms with van der Waals surface area (Å²) in [6.07, 6.45) is 5.49. The van der Waals surface area contributed by atoms with Crippen LogP contribution in [-0.4, -0.2) is 44.0 Å². The molecule has 104 valence electrons. The third-order valence-corrected chi connectivity index (χ3v) is 2.49. The zero-order valence-corrected chi connectivity index (χ0v) is 12.9. The molecule has 0 fully saturated rings. The van der Waals surface area contributed by atoms with Crippen LogP contribution in [0.1, 0.15) is 26.2 Å². The van der Waals surface area contributed by atoms with Crippen LogP contribution in [0.4, 0.5) is 11.8 Å². The number of halogens is 1. The molecule has 5 heteroatoms. The molecular weight excluding hydrogens is 248 g/mol. The molecule has 4 nitrogen and oxygen atoms in total. The third-order valence-electron chi connectivity index (χ3n) is 2.22. The first kappa shape index (κ1) is 17.0. The topological polar surface area (TPSA) is 32.3 Å². The van der Waals surface area contributed by atoms with Crippen molar-refractivity contribution >= 4 is 23.4 Å². The standard InChI is InChI=1S/C8H14N4.C5H11Cl/c1-11(2)7-5-6-9-8(10-7)12(3)4;1-2-3-4-5-6/h5-6H,1-4H3;2-5H2,1H3. The normalized spacial score (nSPS) is 9.44. The van der Waals surface area contributed by atoms with Gasteiger partial charge >= 0.3 is 0 Å². The maximum Gasteiger partial charge on any atom is 0.226 e. The molecule has 0 saturated heterocycles. The van der Waals surface area contributed by atoms with E-state index >= 15 is 0 Å². The van der Waals surface area contributed by atoms with Gasteiger partial charge in [-0.1, -0.05) is 19.8 Å². The molecule has 0 bridgehead atoms. The van der Waals surface area contributed by atoms with Crippen molar-refractivity contribution < 1.29 is 0 Å². The van der Waals surface area contributed by atoms with Crippen molar-refractivity contribution in [1.29, 1.82) is 0 Å². The van der Waals surface area contributed by atoms with Gasteiger partial charge in [0, 0.05) is 40.3 Å². The number of unbranched alkanes of at least 4 members (excludes halogenated alkanes) is 2. The highest BCUT2D eigenvalue weighted by atomic mass is 35.5. The van der Waals surface area contributed by atoms with Crippen molar-refractivity contribution in [2.75, 3.05) is 43.9 Å². The van der Waals surface area contributed by atoms with Crippen molar-refractivity contribution in [1.82, 2.24) is 9.97 Å². The number of rotatable bonds is 5. The van der Waals surface area contributed by atoms with Crippen LogP contribution in [0.25, 0.3) is 0 Å². The average Bonchev–Trinajstić information content (AvgIpc) is 2.37. The molecule has 1 aromatic rings. The number of aromatic nitrogens is 2. The quantitative estimate of drug-likeness (QED) is 0.609. The predicted octanol–water partition coefficient (Wildman–Crippen LogP) is 3.02. The van der Waals surface area contributed by atoms with E-state index in [1.807, 2.05) is 44.1 Å². The first-order valence-electron chi connectivity index (χ1n) is 6.26. The first-order valence-corrected chi connectivity index (χ1v) is 6.80. The molecular formula is C13H25ClN4. The molecule has 0 aliphatic carbocycles. The minimum atomic E-state index is 0.737. The third kappa shape index (κ3) is 7.33. The van der Waals surface area contributed by atoms with Gasteiger partial charge in [-0.2, -0.15) is 4.98 Å². The number of nitrogens with zero attached hydrogens (tertiary/aromatic N) is 4. The molecule has 18 heavy (non-hydrogen) atoms. The molecule has 0 unspecified atom stereocenters. The van der Waals surface area contributed by atoms with E-state index in [4.69, 9.17) is 11.6 Å². The number of alkyl halides is 1. The molecule has 0 aliphatic rings. The molecule has 0 amide bonds. The van der Waals surface area contributed by atoms with E-state index in [9.17, 15) is 0 Å². The summed E-state index contributed by atoms with van der Waals surface area (Å²) in [6, 6.07) is 1.88. The summed E-state index contributed by atoms with van der Waals surface area (Å²) in [4.78, 5) is 12.3. The molecule has 0 saturated carbocycles. The monoisotopic (exact) mass is 272 g/mol. The Hall–Kier alpha value is -1.03. The lowest BCUT2D eigenvalue weighted by molar-refractivity contribution is 0.776. The molecule has 0 radical (unpaired) electrons. The fourth-order valence-corrected chi connectivity index (χ4v) is 1.34. The van der Waals surface area contributed by atoms with Crippen LogP contribution in [0.15, 0.2) is 12.3 Å². The Bertz CT molecular complexity index is 288. The minimum absolute atomic E-state index is 0.737. The van der Waals surface area contributed by atoms with Gasteiger partial charge in [-0.3, -0.25) is 0 Å². The maximum atomic E-state index is 5.38. The van der Waals surface area contributed by atoms with Crippen molar-refractivity contribution in [3.05, 3.63) is 12.3 Å². The fourth-order valence-electron chi connectivity index (χ4n) is 1.15. The second kappa shape index (κ2) is 9.95. The van der Waals surface area contributed by atoms with Crippen LogP contribution < -0.4 is 9.80 Å². The van der Waals surface area contributed by atoms with E-state index in [0.29, 0.717) is 0 Å².